The van der Waals surface area contributed by atoms with Crippen LogP contribution in [0.1, 0.15) is 77.2 Å². The van der Waals surface area contributed by atoms with Crippen LogP contribution in [0.4, 0.5) is 5.82 Å². The molecule has 0 amide bonds. The third-order valence-electron chi connectivity index (χ3n) is 3.89. The minimum atomic E-state index is 0.0232. The Balaban J connectivity index is 2.43. The van der Waals surface area contributed by atoms with Gasteiger partial charge in [0.05, 0.1) is 10.2 Å². The molecule has 0 radical (unpaired) electrons. The van der Waals surface area contributed by atoms with Gasteiger partial charge in [0.2, 0.25) is 0 Å². The quantitative estimate of drug-likeness (QED) is 0.840. The van der Waals surface area contributed by atoms with E-state index in [0.717, 1.165) is 28.4 Å². The summed E-state index contributed by atoms with van der Waals surface area (Å²) in [6, 6.07) is 0. The fraction of sp³-hybridized carbons (Fsp3) is 0.750. The standard InChI is InChI=1S/C16H26BrN3/c1-5-18-15-12(17)13(16(2,3)4)19-14(20-15)11-9-7-6-8-10-11/h11H,5-10H2,1-4H3,(H,18,19,20). The first-order valence-electron chi connectivity index (χ1n) is 7.75. The van der Waals surface area contributed by atoms with Crippen LogP contribution < -0.4 is 5.32 Å². The van der Waals surface area contributed by atoms with Gasteiger partial charge in [-0.1, -0.05) is 40.0 Å². The van der Waals surface area contributed by atoms with Crippen molar-refractivity contribution < 1.29 is 0 Å². The molecule has 2 rings (SSSR count). The molecule has 1 fully saturated rings. The maximum atomic E-state index is 4.91. The molecule has 0 aliphatic heterocycles. The number of nitrogens with one attached hydrogen (secondary N) is 1. The van der Waals surface area contributed by atoms with Gasteiger partial charge < -0.3 is 5.32 Å². The second-order valence-corrected chi connectivity index (χ2v) is 7.50. The second-order valence-electron chi connectivity index (χ2n) is 6.71. The lowest BCUT2D eigenvalue weighted by Crippen LogP contribution is -2.20. The maximum absolute atomic E-state index is 4.91. The van der Waals surface area contributed by atoms with E-state index in [-0.39, 0.29) is 5.41 Å². The summed E-state index contributed by atoms with van der Waals surface area (Å²) in [4.78, 5) is 9.70. The molecule has 112 valence electrons. The molecule has 1 saturated carbocycles. The normalized spacial score (nSPS) is 17.2. The Labute approximate surface area is 131 Å². The van der Waals surface area contributed by atoms with Gasteiger partial charge in [-0.2, -0.15) is 0 Å². The highest BCUT2D eigenvalue weighted by Crippen LogP contribution is 2.37. The Hall–Kier alpha value is -0.640. The molecule has 4 heteroatoms. The monoisotopic (exact) mass is 339 g/mol. The van der Waals surface area contributed by atoms with Crippen LogP contribution in [-0.4, -0.2) is 16.5 Å². The van der Waals surface area contributed by atoms with Crippen LogP contribution in [0.15, 0.2) is 4.47 Å². The summed E-state index contributed by atoms with van der Waals surface area (Å²) in [5, 5.41) is 3.37. The zero-order valence-corrected chi connectivity index (χ0v) is 14.7. The van der Waals surface area contributed by atoms with Crippen molar-refractivity contribution in [1.29, 1.82) is 0 Å². The molecule has 0 bridgehead atoms. The summed E-state index contributed by atoms with van der Waals surface area (Å²) < 4.78 is 1.02. The molecule has 0 atom stereocenters. The van der Waals surface area contributed by atoms with Crippen molar-refractivity contribution in [1.82, 2.24) is 9.97 Å². The molecule has 1 aliphatic rings. The summed E-state index contributed by atoms with van der Waals surface area (Å²) in [7, 11) is 0. The average Bonchev–Trinajstić information content (AvgIpc) is 2.41. The molecule has 1 aliphatic carbocycles. The summed E-state index contributed by atoms with van der Waals surface area (Å²) in [6.45, 7) is 9.61. The number of halogens is 1. The minimum Gasteiger partial charge on any atom is -0.369 e. The molecule has 3 nitrogen and oxygen atoms in total. The molecule has 0 saturated heterocycles. The number of aromatic nitrogens is 2. The molecule has 1 heterocycles. The van der Waals surface area contributed by atoms with Gasteiger partial charge in [0.25, 0.3) is 0 Å². The molecule has 0 spiro atoms. The highest BCUT2D eigenvalue weighted by molar-refractivity contribution is 9.10. The highest BCUT2D eigenvalue weighted by atomic mass is 79.9. The predicted octanol–water partition coefficient (Wildman–Crippen LogP) is 5.02. The van der Waals surface area contributed by atoms with E-state index in [9.17, 15) is 0 Å². The number of rotatable bonds is 3. The zero-order valence-electron chi connectivity index (χ0n) is 13.1. The van der Waals surface area contributed by atoms with E-state index < -0.39 is 0 Å². The van der Waals surface area contributed by atoms with Crippen LogP contribution in [0.3, 0.4) is 0 Å². The van der Waals surface area contributed by atoms with Gasteiger partial charge >= 0.3 is 0 Å². The van der Waals surface area contributed by atoms with Gasteiger partial charge in [-0.05, 0) is 35.7 Å². The number of anilines is 1. The second kappa shape index (κ2) is 6.42. The predicted molar refractivity (Wildman–Crippen MR) is 88.4 cm³/mol. The molecular formula is C16H26BrN3. The third-order valence-corrected chi connectivity index (χ3v) is 4.64. The largest absolute Gasteiger partial charge is 0.369 e. The average molecular weight is 340 g/mol. The fourth-order valence-corrected chi connectivity index (χ4v) is 3.70. The SMILES string of the molecule is CCNc1nc(C2CCCCC2)nc(C(C)(C)C)c1Br. The molecule has 1 aromatic heterocycles. The van der Waals surface area contributed by atoms with Crippen LogP contribution in [0, 0.1) is 0 Å². The van der Waals surface area contributed by atoms with Gasteiger partial charge in [-0.25, -0.2) is 9.97 Å². The van der Waals surface area contributed by atoms with E-state index in [1.165, 1.54) is 32.1 Å². The Morgan fingerprint density at radius 2 is 1.80 bits per heavy atom. The van der Waals surface area contributed by atoms with Crippen molar-refractivity contribution >= 4 is 21.7 Å². The van der Waals surface area contributed by atoms with Crippen LogP contribution >= 0.6 is 15.9 Å². The first-order chi connectivity index (χ1) is 9.43. The van der Waals surface area contributed by atoms with Gasteiger partial charge in [0, 0.05) is 17.9 Å². The number of hydrogen-bond donors (Lipinski definition) is 1. The zero-order chi connectivity index (χ0) is 14.8. The Morgan fingerprint density at radius 3 is 2.35 bits per heavy atom. The lowest BCUT2D eigenvalue weighted by atomic mass is 9.87. The highest BCUT2D eigenvalue weighted by Gasteiger charge is 2.26. The Morgan fingerprint density at radius 1 is 1.15 bits per heavy atom. The van der Waals surface area contributed by atoms with E-state index in [1.54, 1.807) is 0 Å². The molecule has 0 aromatic carbocycles. The smallest absolute Gasteiger partial charge is 0.144 e. The first-order valence-corrected chi connectivity index (χ1v) is 8.54. The van der Waals surface area contributed by atoms with E-state index in [4.69, 9.17) is 9.97 Å². The maximum Gasteiger partial charge on any atom is 0.144 e. The molecule has 1 aromatic rings. The van der Waals surface area contributed by atoms with Crippen molar-refractivity contribution in [3.63, 3.8) is 0 Å². The Kier molecular flexibility index (Phi) is 5.05. The van der Waals surface area contributed by atoms with E-state index in [0.29, 0.717) is 5.92 Å². The van der Waals surface area contributed by atoms with Crippen molar-refractivity contribution in [2.45, 2.75) is 71.1 Å². The molecule has 1 N–H and O–H groups in total. The minimum absolute atomic E-state index is 0.0232. The van der Waals surface area contributed by atoms with E-state index in [1.807, 2.05) is 0 Å². The van der Waals surface area contributed by atoms with Crippen molar-refractivity contribution in [2.24, 2.45) is 0 Å². The summed E-state index contributed by atoms with van der Waals surface area (Å²) >= 11 is 3.69. The van der Waals surface area contributed by atoms with Gasteiger partial charge in [-0.15, -0.1) is 0 Å². The van der Waals surface area contributed by atoms with Crippen LogP contribution in [0.2, 0.25) is 0 Å². The Bertz CT molecular complexity index is 460. The van der Waals surface area contributed by atoms with Crippen LogP contribution in [0.5, 0.6) is 0 Å². The van der Waals surface area contributed by atoms with E-state index >= 15 is 0 Å². The van der Waals surface area contributed by atoms with Crippen molar-refractivity contribution in [3.05, 3.63) is 16.0 Å². The van der Waals surface area contributed by atoms with Gasteiger partial charge in [0.1, 0.15) is 11.6 Å². The van der Waals surface area contributed by atoms with Gasteiger partial charge in [0.15, 0.2) is 0 Å². The molecular weight excluding hydrogens is 314 g/mol. The van der Waals surface area contributed by atoms with Crippen molar-refractivity contribution in [2.75, 3.05) is 11.9 Å². The first kappa shape index (κ1) is 15.7. The molecule has 0 unspecified atom stereocenters. The van der Waals surface area contributed by atoms with Gasteiger partial charge in [-0.3, -0.25) is 0 Å². The summed E-state index contributed by atoms with van der Waals surface area (Å²) in [6.07, 6.45) is 6.45. The van der Waals surface area contributed by atoms with E-state index in [2.05, 4.69) is 48.9 Å². The topological polar surface area (TPSA) is 37.8 Å². The fourth-order valence-electron chi connectivity index (χ4n) is 2.79. The van der Waals surface area contributed by atoms with Crippen LogP contribution in [0.25, 0.3) is 0 Å². The van der Waals surface area contributed by atoms with Crippen molar-refractivity contribution in [3.8, 4) is 0 Å². The lowest BCUT2D eigenvalue weighted by molar-refractivity contribution is 0.424. The molecule has 20 heavy (non-hydrogen) atoms. The van der Waals surface area contributed by atoms with Crippen LogP contribution in [-0.2, 0) is 5.41 Å². The number of nitrogens with zero attached hydrogens (tertiary/aromatic N) is 2. The third kappa shape index (κ3) is 3.51. The summed E-state index contributed by atoms with van der Waals surface area (Å²) in [5.41, 5.74) is 1.14. The number of hydrogen-bond acceptors (Lipinski definition) is 3. The summed E-state index contributed by atoms with van der Waals surface area (Å²) in [5.74, 6) is 2.53. The lowest BCUT2D eigenvalue weighted by Gasteiger charge is -2.26.